The number of hydrazine groups is 2. The number of para-hydroxylation sites is 1. The van der Waals surface area contributed by atoms with E-state index in [1.54, 1.807) is 36.4 Å². The van der Waals surface area contributed by atoms with Crippen LogP contribution in [-0.4, -0.2) is 28.9 Å². The number of aromatic nitrogens is 2. The number of rotatable bonds is 7. The normalized spacial score (nSPS) is 10.1. The summed E-state index contributed by atoms with van der Waals surface area (Å²) in [5, 5.41) is 0. The Morgan fingerprint density at radius 2 is 1.40 bits per heavy atom. The Kier molecular flexibility index (Phi) is 6.28. The summed E-state index contributed by atoms with van der Waals surface area (Å²) >= 11 is 0. The quantitative estimate of drug-likeness (QED) is 0.374. The molecule has 0 radical (unpaired) electrons. The van der Waals surface area contributed by atoms with Crippen LogP contribution in [0.3, 0.4) is 0 Å². The van der Waals surface area contributed by atoms with Gasteiger partial charge in [-0.2, -0.15) is 0 Å². The van der Waals surface area contributed by atoms with Crippen LogP contribution < -0.4 is 32.2 Å². The van der Waals surface area contributed by atoms with Gasteiger partial charge in [-0.15, -0.1) is 0 Å². The van der Waals surface area contributed by atoms with Gasteiger partial charge in [-0.25, -0.2) is 9.97 Å². The largest absolute Gasteiger partial charge is 0.496 e. The average molecular weight is 407 g/mol. The molecule has 10 heteroatoms. The molecule has 0 saturated carbocycles. The Morgan fingerprint density at radius 1 is 0.867 bits per heavy atom. The molecule has 1 aromatic heterocycles. The summed E-state index contributed by atoms with van der Waals surface area (Å²) < 4.78 is 5.17. The molecule has 0 aliphatic carbocycles. The van der Waals surface area contributed by atoms with Crippen LogP contribution in [0.2, 0.25) is 0 Å². The minimum Gasteiger partial charge on any atom is -0.496 e. The van der Waals surface area contributed by atoms with Crippen LogP contribution in [-0.2, 0) is 0 Å². The van der Waals surface area contributed by atoms with Gasteiger partial charge in [0.05, 0.1) is 12.7 Å². The van der Waals surface area contributed by atoms with Crippen LogP contribution in [0.1, 0.15) is 26.3 Å². The van der Waals surface area contributed by atoms with Gasteiger partial charge in [0.1, 0.15) is 17.8 Å². The third-order valence-electron chi connectivity index (χ3n) is 4.21. The zero-order valence-corrected chi connectivity index (χ0v) is 16.4. The van der Waals surface area contributed by atoms with Crippen LogP contribution in [0, 0.1) is 6.92 Å². The Labute approximate surface area is 172 Å². The fourth-order valence-electron chi connectivity index (χ4n) is 2.62. The summed E-state index contributed by atoms with van der Waals surface area (Å²) in [6.45, 7) is 1.83. The van der Waals surface area contributed by atoms with Crippen molar-refractivity contribution in [3.8, 4) is 5.75 Å². The molecule has 6 N–H and O–H groups in total. The highest BCUT2D eigenvalue weighted by molar-refractivity contribution is 5.98. The molecule has 0 aliphatic rings. The number of carbonyl (C=O) groups excluding carboxylic acids is 2. The fraction of sp³-hybridized carbons (Fsp3) is 0.100. The minimum absolute atomic E-state index is 0.0999. The van der Waals surface area contributed by atoms with E-state index in [2.05, 4.69) is 31.7 Å². The number of amides is 2. The molecule has 2 aromatic carbocycles. The van der Waals surface area contributed by atoms with Crippen molar-refractivity contribution in [3.63, 3.8) is 0 Å². The van der Waals surface area contributed by atoms with E-state index in [1.165, 1.54) is 13.4 Å². The second kappa shape index (κ2) is 9.24. The third-order valence-corrected chi connectivity index (χ3v) is 4.21. The summed E-state index contributed by atoms with van der Waals surface area (Å²) in [7, 11) is 1.48. The first kappa shape index (κ1) is 20.4. The number of nitrogen functional groups attached to an aromatic ring is 1. The van der Waals surface area contributed by atoms with Crippen molar-refractivity contribution in [3.05, 3.63) is 71.5 Å². The maximum Gasteiger partial charge on any atom is 0.273 e. The molecule has 3 aromatic rings. The lowest BCUT2D eigenvalue weighted by Crippen LogP contribution is -2.32. The SMILES string of the molecule is COc1ccccc1C(=O)NNc1ncnc(NNC(=O)c2ccccc2C)c1N. The molecule has 0 bridgehead atoms. The molecule has 0 spiro atoms. The number of hydrogen-bond acceptors (Lipinski definition) is 8. The predicted octanol–water partition coefficient (Wildman–Crippen LogP) is 1.89. The van der Waals surface area contributed by atoms with Gasteiger partial charge in [0, 0.05) is 5.56 Å². The Balaban J connectivity index is 1.65. The monoisotopic (exact) mass is 407 g/mol. The number of nitrogens with two attached hydrogens (primary N) is 1. The third kappa shape index (κ3) is 4.55. The standard InChI is InChI=1S/C20H21N7O3/c1-12-7-3-4-8-13(12)19(28)26-24-17-16(21)18(23-11-22-17)25-27-20(29)14-9-5-6-10-15(14)30-2/h3-11H,21H2,1-2H3,(H,26,28)(H,27,29)(H2,22,23,24,25). The summed E-state index contributed by atoms with van der Waals surface area (Å²) in [5.74, 6) is -0.0338. The van der Waals surface area contributed by atoms with E-state index in [9.17, 15) is 9.59 Å². The predicted molar refractivity (Wildman–Crippen MR) is 113 cm³/mol. The lowest BCUT2D eigenvalue weighted by molar-refractivity contribution is 0.0952. The smallest absolute Gasteiger partial charge is 0.273 e. The number of nitrogens with one attached hydrogen (secondary N) is 4. The van der Waals surface area contributed by atoms with Gasteiger partial charge in [-0.3, -0.25) is 31.3 Å². The maximum atomic E-state index is 12.4. The molecular formula is C20H21N7O3. The maximum absolute atomic E-state index is 12.4. The number of benzene rings is 2. The second-order valence-corrected chi connectivity index (χ2v) is 6.16. The molecule has 10 nitrogen and oxygen atoms in total. The first-order valence-corrected chi connectivity index (χ1v) is 8.93. The van der Waals surface area contributed by atoms with Gasteiger partial charge in [0.25, 0.3) is 11.8 Å². The topological polar surface area (TPSA) is 143 Å². The van der Waals surface area contributed by atoms with Crippen molar-refractivity contribution >= 4 is 29.1 Å². The highest BCUT2D eigenvalue weighted by Crippen LogP contribution is 2.22. The van der Waals surface area contributed by atoms with E-state index in [4.69, 9.17) is 10.5 Å². The van der Waals surface area contributed by atoms with Gasteiger partial charge < -0.3 is 10.5 Å². The highest BCUT2D eigenvalue weighted by Gasteiger charge is 2.14. The van der Waals surface area contributed by atoms with Crippen LogP contribution in [0.15, 0.2) is 54.9 Å². The number of nitrogens with zero attached hydrogens (tertiary/aromatic N) is 2. The van der Waals surface area contributed by atoms with Crippen LogP contribution in [0.4, 0.5) is 17.3 Å². The van der Waals surface area contributed by atoms with E-state index >= 15 is 0 Å². The molecule has 0 fully saturated rings. The van der Waals surface area contributed by atoms with Crippen molar-refractivity contribution in [2.75, 3.05) is 23.7 Å². The molecule has 3 rings (SSSR count). The van der Waals surface area contributed by atoms with E-state index in [0.29, 0.717) is 16.9 Å². The van der Waals surface area contributed by atoms with Crippen molar-refractivity contribution in [2.24, 2.45) is 0 Å². The van der Waals surface area contributed by atoms with Crippen LogP contribution >= 0.6 is 0 Å². The molecule has 0 aliphatic heterocycles. The van der Waals surface area contributed by atoms with Crippen molar-refractivity contribution < 1.29 is 14.3 Å². The van der Waals surface area contributed by atoms with Crippen LogP contribution in [0.5, 0.6) is 5.75 Å². The number of carbonyl (C=O) groups is 2. The summed E-state index contributed by atoms with van der Waals surface area (Å²) in [5.41, 5.74) is 18.2. The van der Waals surface area contributed by atoms with Crippen LogP contribution in [0.25, 0.3) is 0 Å². The molecule has 30 heavy (non-hydrogen) atoms. The molecule has 0 unspecified atom stereocenters. The van der Waals surface area contributed by atoms with E-state index in [-0.39, 0.29) is 23.2 Å². The van der Waals surface area contributed by atoms with Gasteiger partial charge in [0.15, 0.2) is 11.6 Å². The second-order valence-electron chi connectivity index (χ2n) is 6.16. The minimum atomic E-state index is -0.437. The first-order valence-electron chi connectivity index (χ1n) is 8.93. The fourth-order valence-corrected chi connectivity index (χ4v) is 2.62. The van der Waals surface area contributed by atoms with Crippen molar-refractivity contribution in [1.29, 1.82) is 0 Å². The molecule has 2 amide bonds. The Hall–Kier alpha value is -4.34. The zero-order chi connectivity index (χ0) is 21.5. The Bertz CT molecular complexity index is 1070. The van der Waals surface area contributed by atoms with E-state index in [0.717, 1.165) is 5.56 Å². The molecule has 154 valence electrons. The van der Waals surface area contributed by atoms with E-state index < -0.39 is 5.91 Å². The number of ether oxygens (including phenoxy) is 1. The molecule has 0 atom stereocenters. The van der Waals surface area contributed by atoms with Gasteiger partial charge in [-0.1, -0.05) is 30.3 Å². The lowest BCUT2D eigenvalue weighted by Gasteiger charge is -2.14. The van der Waals surface area contributed by atoms with Gasteiger partial charge in [-0.05, 0) is 30.7 Å². The zero-order valence-electron chi connectivity index (χ0n) is 16.4. The summed E-state index contributed by atoms with van der Waals surface area (Å²) in [6, 6.07) is 13.9. The number of anilines is 3. The summed E-state index contributed by atoms with van der Waals surface area (Å²) in [6.07, 6.45) is 1.23. The van der Waals surface area contributed by atoms with Crippen molar-refractivity contribution in [2.45, 2.75) is 6.92 Å². The molecule has 1 heterocycles. The van der Waals surface area contributed by atoms with Gasteiger partial charge >= 0.3 is 0 Å². The number of aryl methyl sites for hydroxylation is 1. The lowest BCUT2D eigenvalue weighted by atomic mass is 10.1. The molecular weight excluding hydrogens is 386 g/mol. The molecule has 0 saturated heterocycles. The highest BCUT2D eigenvalue weighted by atomic mass is 16.5. The first-order chi connectivity index (χ1) is 14.5. The average Bonchev–Trinajstić information content (AvgIpc) is 2.77. The summed E-state index contributed by atoms with van der Waals surface area (Å²) in [4.78, 5) is 32.7. The van der Waals surface area contributed by atoms with E-state index in [1.807, 2.05) is 19.1 Å². The van der Waals surface area contributed by atoms with Crippen molar-refractivity contribution in [1.82, 2.24) is 20.8 Å². The number of hydrogen-bond donors (Lipinski definition) is 5. The number of methoxy groups -OCH3 is 1. The Morgan fingerprint density at radius 3 is 2.00 bits per heavy atom. The van der Waals surface area contributed by atoms with Gasteiger partial charge in [0.2, 0.25) is 0 Å².